The normalized spacial score (nSPS) is 12.9. The van der Waals surface area contributed by atoms with E-state index in [9.17, 15) is 0 Å². The van der Waals surface area contributed by atoms with Gasteiger partial charge >= 0.3 is 0 Å². The van der Waals surface area contributed by atoms with Crippen LogP contribution in [0, 0.1) is 0 Å². The van der Waals surface area contributed by atoms with Crippen LogP contribution in [0.3, 0.4) is 0 Å². The molecule has 4 heteroatoms. The maximum atomic E-state index is 4.21. The summed E-state index contributed by atoms with van der Waals surface area (Å²) in [6.07, 6.45) is 5.53. The van der Waals surface area contributed by atoms with Crippen LogP contribution in [0.25, 0.3) is 11.3 Å². The number of nitrogens with zero attached hydrogens (tertiary/aromatic N) is 2. The molecule has 0 aromatic carbocycles. The summed E-state index contributed by atoms with van der Waals surface area (Å²) in [4.78, 5) is 4.05. The van der Waals surface area contributed by atoms with Crippen LogP contribution in [0.15, 0.2) is 24.7 Å². The molecule has 0 unspecified atom stereocenters. The molecule has 0 saturated carbocycles. The van der Waals surface area contributed by atoms with Crippen molar-refractivity contribution < 1.29 is 0 Å². The minimum Gasteiger partial charge on any atom is -0.379 e. The van der Waals surface area contributed by atoms with Gasteiger partial charge in [0.25, 0.3) is 0 Å². The van der Waals surface area contributed by atoms with Crippen LogP contribution < -0.4 is 5.32 Å². The predicted octanol–water partition coefficient (Wildman–Crippen LogP) is 1.40. The van der Waals surface area contributed by atoms with E-state index in [-0.39, 0.29) is 0 Å². The summed E-state index contributed by atoms with van der Waals surface area (Å²) >= 11 is 0. The number of pyridine rings is 1. The number of aromatic amines is 1. The third-order valence-electron chi connectivity index (χ3n) is 2.26. The molecule has 0 spiro atoms. The lowest BCUT2D eigenvalue weighted by Gasteiger charge is -2.15. The summed E-state index contributed by atoms with van der Waals surface area (Å²) in [6.45, 7) is 0.824. The van der Waals surface area contributed by atoms with Crippen LogP contribution in [0.4, 0.5) is 5.69 Å². The third-order valence-corrected chi connectivity index (χ3v) is 2.26. The number of hydrogen-bond acceptors (Lipinski definition) is 3. The van der Waals surface area contributed by atoms with E-state index < -0.39 is 0 Å². The van der Waals surface area contributed by atoms with E-state index in [0.29, 0.717) is 0 Å². The zero-order valence-corrected chi connectivity index (χ0v) is 6.91. The van der Waals surface area contributed by atoms with Gasteiger partial charge in [0.05, 0.1) is 17.6 Å². The van der Waals surface area contributed by atoms with Crippen molar-refractivity contribution in [1.82, 2.24) is 15.2 Å². The van der Waals surface area contributed by atoms with E-state index in [0.717, 1.165) is 23.5 Å². The van der Waals surface area contributed by atoms with E-state index in [1.165, 1.54) is 5.56 Å². The molecule has 3 heterocycles. The summed E-state index contributed by atoms with van der Waals surface area (Å²) in [6, 6.07) is 1.97. The van der Waals surface area contributed by atoms with E-state index >= 15 is 0 Å². The molecule has 4 nitrogen and oxygen atoms in total. The molecule has 0 radical (unpaired) electrons. The first-order valence-corrected chi connectivity index (χ1v) is 4.16. The van der Waals surface area contributed by atoms with Crippen molar-refractivity contribution in [3.8, 4) is 11.3 Å². The zero-order chi connectivity index (χ0) is 8.67. The summed E-state index contributed by atoms with van der Waals surface area (Å²) < 4.78 is 0. The second-order valence-electron chi connectivity index (χ2n) is 3.03. The fourth-order valence-electron chi connectivity index (χ4n) is 1.62. The Balaban J connectivity index is 2.30. The van der Waals surface area contributed by atoms with Gasteiger partial charge in [-0.05, 0) is 6.07 Å². The fourth-order valence-corrected chi connectivity index (χ4v) is 1.62. The Bertz CT molecular complexity index is 446. The van der Waals surface area contributed by atoms with Crippen molar-refractivity contribution in [2.45, 2.75) is 6.54 Å². The van der Waals surface area contributed by atoms with Crippen molar-refractivity contribution in [2.24, 2.45) is 0 Å². The number of nitrogens with one attached hydrogen (secondary N) is 2. The van der Waals surface area contributed by atoms with Crippen LogP contribution in [-0.4, -0.2) is 15.2 Å². The molecule has 2 aromatic rings. The Kier molecular flexibility index (Phi) is 1.19. The molecular formula is C9H8N4. The maximum Gasteiger partial charge on any atom is 0.0992 e. The summed E-state index contributed by atoms with van der Waals surface area (Å²) in [5.41, 5.74) is 4.43. The molecular weight excluding hydrogens is 164 g/mol. The van der Waals surface area contributed by atoms with Gasteiger partial charge in [-0.1, -0.05) is 0 Å². The van der Waals surface area contributed by atoms with Crippen molar-refractivity contribution >= 4 is 5.69 Å². The van der Waals surface area contributed by atoms with Gasteiger partial charge in [0.2, 0.25) is 0 Å². The highest BCUT2D eigenvalue weighted by Gasteiger charge is 2.16. The zero-order valence-electron chi connectivity index (χ0n) is 6.91. The maximum absolute atomic E-state index is 4.21. The molecule has 1 aliphatic rings. The highest BCUT2D eigenvalue weighted by Crippen LogP contribution is 2.32. The van der Waals surface area contributed by atoms with Gasteiger partial charge in [0.15, 0.2) is 0 Å². The highest BCUT2D eigenvalue weighted by molar-refractivity contribution is 5.79. The van der Waals surface area contributed by atoms with Gasteiger partial charge in [-0.3, -0.25) is 10.1 Å². The van der Waals surface area contributed by atoms with Crippen LogP contribution in [0.5, 0.6) is 0 Å². The SMILES string of the molecule is c1cc2c(cn1)NCc1c[nH]nc1-2. The summed E-state index contributed by atoms with van der Waals surface area (Å²) in [7, 11) is 0. The van der Waals surface area contributed by atoms with Crippen molar-refractivity contribution in [3.63, 3.8) is 0 Å². The first-order chi connectivity index (χ1) is 6.45. The number of H-pyrrole nitrogens is 1. The Labute approximate surface area is 75.0 Å². The van der Waals surface area contributed by atoms with Crippen LogP contribution in [0.1, 0.15) is 5.56 Å². The third kappa shape index (κ3) is 0.853. The van der Waals surface area contributed by atoms with E-state index in [1.54, 1.807) is 6.20 Å². The quantitative estimate of drug-likeness (QED) is 0.631. The second-order valence-corrected chi connectivity index (χ2v) is 3.03. The van der Waals surface area contributed by atoms with Gasteiger partial charge in [0.1, 0.15) is 0 Å². The van der Waals surface area contributed by atoms with Gasteiger partial charge in [0, 0.05) is 30.1 Å². The van der Waals surface area contributed by atoms with Gasteiger partial charge in [-0.2, -0.15) is 5.10 Å². The minimum atomic E-state index is 0.824. The lowest BCUT2D eigenvalue weighted by molar-refractivity contribution is 1.09. The van der Waals surface area contributed by atoms with Crippen molar-refractivity contribution in [1.29, 1.82) is 0 Å². The van der Waals surface area contributed by atoms with E-state index in [2.05, 4.69) is 20.5 Å². The van der Waals surface area contributed by atoms with Gasteiger partial charge < -0.3 is 5.32 Å². The Hall–Kier alpha value is -1.84. The molecule has 13 heavy (non-hydrogen) atoms. The molecule has 0 fully saturated rings. The monoisotopic (exact) mass is 172 g/mol. The van der Waals surface area contributed by atoms with Crippen LogP contribution in [0.2, 0.25) is 0 Å². The topological polar surface area (TPSA) is 53.6 Å². The smallest absolute Gasteiger partial charge is 0.0992 e. The number of aromatic nitrogens is 3. The average Bonchev–Trinajstić information content (AvgIpc) is 2.65. The first kappa shape index (κ1) is 6.65. The Morgan fingerprint density at radius 3 is 3.38 bits per heavy atom. The molecule has 64 valence electrons. The summed E-state index contributed by atoms with van der Waals surface area (Å²) in [5.74, 6) is 0. The average molecular weight is 172 g/mol. The Morgan fingerprint density at radius 2 is 2.38 bits per heavy atom. The van der Waals surface area contributed by atoms with E-state index in [4.69, 9.17) is 0 Å². The standard InChI is InChI=1S/C9H8N4/c1-2-10-5-8-7(1)9-6(3-11-8)4-12-13-9/h1-2,4-5,11H,3H2,(H,12,13). The number of rotatable bonds is 0. The van der Waals surface area contributed by atoms with Gasteiger partial charge in [-0.25, -0.2) is 0 Å². The molecule has 0 aliphatic carbocycles. The lowest BCUT2D eigenvalue weighted by Crippen LogP contribution is -2.07. The van der Waals surface area contributed by atoms with Crippen molar-refractivity contribution in [3.05, 3.63) is 30.2 Å². The summed E-state index contributed by atoms with van der Waals surface area (Å²) in [5, 5.41) is 10.4. The molecule has 0 amide bonds. The molecule has 0 bridgehead atoms. The fraction of sp³-hybridized carbons (Fsp3) is 0.111. The Morgan fingerprint density at radius 1 is 1.38 bits per heavy atom. The number of hydrogen-bond donors (Lipinski definition) is 2. The van der Waals surface area contributed by atoms with Crippen LogP contribution in [-0.2, 0) is 6.54 Å². The molecule has 1 aliphatic heterocycles. The molecule has 0 atom stereocenters. The van der Waals surface area contributed by atoms with E-state index in [1.807, 2.05) is 18.5 Å². The van der Waals surface area contributed by atoms with Gasteiger partial charge in [-0.15, -0.1) is 0 Å². The van der Waals surface area contributed by atoms with Crippen LogP contribution >= 0.6 is 0 Å². The largest absolute Gasteiger partial charge is 0.379 e. The second kappa shape index (κ2) is 2.32. The molecule has 2 N–H and O–H groups in total. The predicted molar refractivity (Wildman–Crippen MR) is 49.1 cm³/mol. The molecule has 3 rings (SSSR count). The molecule has 2 aromatic heterocycles. The number of fused-ring (bicyclic) bond motifs is 3. The molecule has 0 saturated heterocycles. The minimum absolute atomic E-state index is 0.824. The number of anilines is 1. The first-order valence-electron chi connectivity index (χ1n) is 4.16. The lowest BCUT2D eigenvalue weighted by atomic mass is 10.0. The highest BCUT2D eigenvalue weighted by atomic mass is 15.1. The van der Waals surface area contributed by atoms with Crippen molar-refractivity contribution in [2.75, 3.05) is 5.32 Å².